The van der Waals surface area contributed by atoms with Gasteiger partial charge in [0, 0.05) is 12.8 Å². The minimum Gasteiger partial charge on any atom is -0.495 e. The zero-order chi connectivity index (χ0) is 17.9. The zero-order valence-corrected chi connectivity index (χ0v) is 15.4. The minimum absolute atomic E-state index is 0.188. The van der Waals surface area contributed by atoms with Crippen LogP contribution in [-0.2, 0) is 34.2 Å². The molecule has 0 saturated carbocycles. The topological polar surface area (TPSA) is 64.6 Å². The van der Waals surface area contributed by atoms with Crippen LogP contribution in [0.25, 0.3) is 0 Å². The molecule has 0 saturated heterocycles. The molecule has 0 aliphatic heterocycles. The molecule has 0 unspecified atom stereocenters. The number of benzene rings is 2. The van der Waals surface area contributed by atoms with E-state index >= 15 is 0 Å². The van der Waals surface area contributed by atoms with Crippen LogP contribution in [0.5, 0.6) is 5.75 Å². The molecule has 0 atom stereocenters. The summed E-state index contributed by atoms with van der Waals surface area (Å²) in [5.41, 5.74) is 3.69. The molecule has 1 N–H and O–H groups in total. The number of hydrogen-bond acceptors (Lipinski definition) is 4. The molecule has 3 rings (SSSR count). The number of sulfonamides is 1. The molecule has 134 valence electrons. The number of anilines is 1. The lowest BCUT2D eigenvalue weighted by Gasteiger charge is -2.19. The standard InChI is InChI=1S/C19H23NO4S/c1-23-13-14-6-5-9-17(10-14)20-25(21,22)19-12-16-8-4-3-7-15(16)11-18(19)24-2/h5-6,9-12,20H,3-4,7-8,13H2,1-2H3. The van der Waals surface area contributed by atoms with Crippen LogP contribution in [0.15, 0.2) is 41.3 Å². The van der Waals surface area contributed by atoms with Crippen molar-refractivity contribution in [1.82, 2.24) is 0 Å². The first-order valence-corrected chi connectivity index (χ1v) is 9.82. The first-order chi connectivity index (χ1) is 12.0. The molecule has 5 nitrogen and oxygen atoms in total. The first-order valence-electron chi connectivity index (χ1n) is 8.34. The lowest BCUT2D eigenvalue weighted by atomic mass is 9.92. The van der Waals surface area contributed by atoms with Crippen molar-refractivity contribution < 1.29 is 17.9 Å². The van der Waals surface area contributed by atoms with Crippen molar-refractivity contribution in [3.63, 3.8) is 0 Å². The summed E-state index contributed by atoms with van der Waals surface area (Å²) in [6.45, 7) is 0.428. The van der Waals surface area contributed by atoms with Crippen molar-refractivity contribution >= 4 is 15.7 Å². The molecule has 0 fully saturated rings. The van der Waals surface area contributed by atoms with Gasteiger partial charge in [0.05, 0.1) is 13.7 Å². The number of fused-ring (bicyclic) bond motifs is 1. The fraction of sp³-hybridized carbons (Fsp3) is 0.368. The Balaban J connectivity index is 1.95. The quantitative estimate of drug-likeness (QED) is 0.855. The third-order valence-corrected chi connectivity index (χ3v) is 5.81. The number of nitrogens with one attached hydrogen (secondary N) is 1. The molecule has 6 heteroatoms. The van der Waals surface area contributed by atoms with Gasteiger partial charge in [-0.15, -0.1) is 0 Å². The summed E-state index contributed by atoms with van der Waals surface area (Å²) in [5, 5.41) is 0. The average molecular weight is 361 g/mol. The number of methoxy groups -OCH3 is 2. The molecule has 25 heavy (non-hydrogen) atoms. The summed E-state index contributed by atoms with van der Waals surface area (Å²) in [5.74, 6) is 0.390. The molecule has 0 aromatic heterocycles. The van der Waals surface area contributed by atoms with Gasteiger partial charge in [0.15, 0.2) is 0 Å². The van der Waals surface area contributed by atoms with E-state index in [4.69, 9.17) is 9.47 Å². The van der Waals surface area contributed by atoms with E-state index in [-0.39, 0.29) is 4.90 Å². The second-order valence-corrected chi connectivity index (χ2v) is 7.87. The second kappa shape index (κ2) is 7.45. The summed E-state index contributed by atoms with van der Waals surface area (Å²) >= 11 is 0. The van der Waals surface area contributed by atoms with E-state index in [0.29, 0.717) is 18.0 Å². The van der Waals surface area contributed by atoms with Gasteiger partial charge in [-0.1, -0.05) is 12.1 Å². The Kier molecular flexibility index (Phi) is 5.30. The number of ether oxygens (including phenoxy) is 2. The van der Waals surface area contributed by atoms with Gasteiger partial charge in [-0.2, -0.15) is 0 Å². The van der Waals surface area contributed by atoms with Crippen LogP contribution >= 0.6 is 0 Å². The summed E-state index contributed by atoms with van der Waals surface area (Å²) in [6.07, 6.45) is 4.10. The highest BCUT2D eigenvalue weighted by molar-refractivity contribution is 7.92. The predicted molar refractivity (Wildman–Crippen MR) is 97.6 cm³/mol. The summed E-state index contributed by atoms with van der Waals surface area (Å²) in [6, 6.07) is 10.8. The Morgan fingerprint density at radius 3 is 2.44 bits per heavy atom. The normalized spacial score (nSPS) is 14.0. The van der Waals surface area contributed by atoms with Gasteiger partial charge in [-0.05, 0) is 66.6 Å². The average Bonchev–Trinajstić information content (AvgIpc) is 2.61. The summed E-state index contributed by atoms with van der Waals surface area (Å²) < 4.78 is 38.9. The van der Waals surface area contributed by atoms with Crippen molar-refractivity contribution in [2.75, 3.05) is 18.9 Å². The van der Waals surface area contributed by atoms with Crippen LogP contribution in [0, 0.1) is 0 Å². The molecule has 1 aliphatic carbocycles. The highest BCUT2D eigenvalue weighted by Gasteiger charge is 2.23. The predicted octanol–water partition coefficient (Wildman–Crippen LogP) is 3.52. The van der Waals surface area contributed by atoms with Crippen LogP contribution in [0.1, 0.15) is 29.5 Å². The van der Waals surface area contributed by atoms with E-state index in [2.05, 4.69) is 4.72 Å². The largest absolute Gasteiger partial charge is 0.495 e. The van der Waals surface area contributed by atoms with Crippen molar-refractivity contribution in [1.29, 1.82) is 0 Å². The fourth-order valence-electron chi connectivity index (χ4n) is 3.21. The van der Waals surface area contributed by atoms with Gasteiger partial charge >= 0.3 is 0 Å². The third-order valence-electron chi connectivity index (χ3n) is 4.41. The number of aryl methyl sites for hydroxylation is 2. The molecule has 0 bridgehead atoms. The Morgan fingerprint density at radius 2 is 1.76 bits per heavy atom. The van der Waals surface area contributed by atoms with Gasteiger partial charge in [0.1, 0.15) is 10.6 Å². The maximum absolute atomic E-state index is 12.9. The molecular formula is C19H23NO4S. The molecule has 0 amide bonds. The van der Waals surface area contributed by atoms with Gasteiger partial charge in [-0.3, -0.25) is 4.72 Å². The monoisotopic (exact) mass is 361 g/mol. The van der Waals surface area contributed by atoms with Crippen LogP contribution in [0.3, 0.4) is 0 Å². The maximum atomic E-state index is 12.9. The molecule has 1 aliphatic rings. The SMILES string of the molecule is COCc1cccc(NS(=O)(=O)c2cc3c(cc2OC)CCCC3)c1. The number of rotatable bonds is 6. The van der Waals surface area contributed by atoms with Gasteiger partial charge in [-0.25, -0.2) is 8.42 Å². The van der Waals surface area contributed by atoms with Crippen molar-refractivity contribution in [3.05, 3.63) is 53.1 Å². The molecular weight excluding hydrogens is 338 g/mol. The third kappa shape index (κ3) is 3.96. The Morgan fingerprint density at radius 1 is 1.04 bits per heavy atom. The van der Waals surface area contributed by atoms with Crippen molar-refractivity contribution in [2.45, 2.75) is 37.2 Å². The van der Waals surface area contributed by atoms with E-state index in [1.54, 1.807) is 31.4 Å². The van der Waals surface area contributed by atoms with Gasteiger partial charge < -0.3 is 9.47 Å². The Labute approximate surface area is 149 Å². The van der Waals surface area contributed by atoms with Crippen LogP contribution in [0.2, 0.25) is 0 Å². The van der Waals surface area contributed by atoms with E-state index in [1.807, 2.05) is 12.1 Å². The molecule has 0 heterocycles. The van der Waals surface area contributed by atoms with Crippen LogP contribution < -0.4 is 9.46 Å². The maximum Gasteiger partial charge on any atom is 0.265 e. The molecule has 0 radical (unpaired) electrons. The second-order valence-electron chi connectivity index (χ2n) is 6.22. The fourth-order valence-corrected chi connectivity index (χ4v) is 4.46. The van der Waals surface area contributed by atoms with Crippen LogP contribution in [-0.4, -0.2) is 22.6 Å². The van der Waals surface area contributed by atoms with Gasteiger partial charge in [0.2, 0.25) is 0 Å². The molecule has 2 aromatic rings. The van der Waals surface area contributed by atoms with E-state index in [0.717, 1.165) is 36.8 Å². The van der Waals surface area contributed by atoms with Gasteiger partial charge in [0.25, 0.3) is 10.0 Å². The smallest absolute Gasteiger partial charge is 0.265 e. The van der Waals surface area contributed by atoms with Crippen LogP contribution in [0.4, 0.5) is 5.69 Å². The number of hydrogen-bond donors (Lipinski definition) is 1. The zero-order valence-electron chi connectivity index (χ0n) is 14.5. The lowest BCUT2D eigenvalue weighted by molar-refractivity contribution is 0.185. The van der Waals surface area contributed by atoms with E-state index < -0.39 is 10.0 Å². The molecule has 0 spiro atoms. The Hall–Kier alpha value is -2.05. The Bertz CT molecular complexity index is 862. The van der Waals surface area contributed by atoms with Crippen molar-refractivity contribution in [2.24, 2.45) is 0 Å². The summed E-state index contributed by atoms with van der Waals surface area (Å²) in [4.78, 5) is 0.188. The van der Waals surface area contributed by atoms with E-state index in [1.165, 1.54) is 12.7 Å². The lowest BCUT2D eigenvalue weighted by Crippen LogP contribution is -2.16. The minimum atomic E-state index is -3.74. The summed E-state index contributed by atoms with van der Waals surface area (Å²) in [7, 11) is -0.628. The first kappa shape index (κ1) is 17.8. The highest BCUT2D eigenvalue weighted by Crippen LogP contribution is 2.33. The molecule has 2 aromatic carbocycles. The van der Waals surface area contributed by atoms with Crippen molar-refractivity contribution in [3.8, 4) is 5.75 Å². The highest BCUT2D eigenvalue weighted by atomic mass is 32.2. The van der Waals surface area contributed by atoms with E-state index in [9.17, 15) is 8.42 Å².